The van der Waals surface area contributed by atoms with E-state index in [1.54, 1.807) is 0 Å². The second-order valence-electron chi connectivity index (χ2n) is 5.67. The molecule has 2 nitrogen and oxygen atoms in total. The fourth-order valence-corrected chi connectivity index (χ4v) is 2.49. The molecule has 0 aromatic carbocycles. The van der Waals surface area contributed by atoms with Crippen LogP contribution in [0, 0.1) is 22.7 Å². The van der Waals surface area contributed by atoms with Crippen molar-refractivity contribution >= 4 is 0 Å². The van der Waals surface area contributed by atoms with Crippen LogP contribution in [0.25, 0.3) is 0 Å². The minimum Gasteiger partial charge on any atom is -0.305 e. The normalized spacial score (nSPS) is 18.3. The molecule has 0 radical (unpaired) electrons. The van der Waals surface area contributed by atoms with Crippen molar-refractivity contribution in [1.29, 1.82) is 5.26 Å². The summed E-state index contributed by atoms with van der Waals surface area (Å²) >= 11 is 0. The van der Waals surface area contributed by atoms with E-state index in [-0.39, 0.29) is 5.41 Å². The first-order valence-corrected chi connectivity index (χ1v) is 6.13. The lowest BCUT2D eigenvalue weighted by Gasteiger charge is -2.25. The average molecular weight is 208 g/mol. The Balaban J connectivity index is 2.18. The van der Waals surface area contributed by atoms with Crippen LogP contribution in [0.5, 0.6) is 0 Å². The summed E-state index contributed by atoms with van der Waals surface area (Å²) in [5.41, 5.74) is -0.204. The molecular formula is C13H24N2. The predicted molar refractivity (Wildman–Crippen MR) is 63.5 cm³/mol. The molecule has 0 aromatic heterocycles. The van der Waals surface area contributed by atoms with Gasteiger partial charge in [-0.05, 0) is 39.8 Å². The van der Waals surface area contributed by atoms with Crippen LogP contribution >= 0.6 is 0 Å². The van der Waals surface area contributed by atoms with Crippen LogP contribution in [0.2, 0.25) is 0 Å². The van der Waals surface area contributed by atoms with E-state index in [2.05, 4.69) is 18.0 Å². The van der Waals surface area contributed by atoms with Gasteiger partial charge in [-0.2, -0.15) is 5.26 Å². The maximum absolute atomic E-state index is 8.95. The van der Waals surface area contributed by atoms with E-state index < -0.39 is 0 Å². The molecule has 0 saturated heterocycles. The van der Waals surface area contributed by atoms with Gasteiger partial charge in [0.1, 0.15) is 0 Å². The van der Waals surface area contributed by atoms with Crippen molar-refractivity contribution in [2.24, 2.45) is 11.3 Å². The van der Waals surface area contributed by atoms with Crippen molar-refractivity contribution in [3.8, 4) is 6.07 Å². The summed E-state index contributed by atoms with van der Waals surface area (Å²) in [5.74, 6) is 0.956. The van der Waals surface area contributed by atoms with E-state index in [0.29, 0.717) is 0 Å². The minimum atomic E-state index is -0.204. The summed E-state index contributed by atoms with van der Waals surface area (Å²) in [7, 11) is 2.13. The standard InChI is InChI=1S/C13H24N2/c1-13(2,10-14)11-15(3)9-8-12-6-4-5-7-12/h12H,4-9,11H2,1-3H3. The van der Waals surface area contributed by atoms with Gasteiger partial charge in [-0.25, -0.2) is 0 Å². The molecule has 1 saturated carbocycles. The third-order valence-corrected chi connectivity index (χ3v) is 3.36. The van der Waals surface area contributed by atoms with Crippen LogP contribution in [0.3, 0.4) is 0 Å². The molecule has 0 spiro atoms. The lowest BCUT2D eigenvalue weighted by atomic mass is 9.95. The van der Waals surface area contributed by atoms with E-state index in [1.807, 2.05) is 13.8 Å². The molecule has 0 heterocycles. The lowest BCUT2D eigenvalue weighted by molar-refractivity contribution is 0.239. The van der Waals surface area contributed by atoms with E-state index in [4.69, 9.17) is 5.26 Å². The van der Waals surface area contributed by atoms with Crippen LogP contribution in [0.4, 0.5) is 0 Å². The zero-order valence-electron chi connectivity index (χ0n) is 10.4. The molecule has 1 aliphatic rings. The average Bonchev–Trinajstić information content (AvgIpc) is 2.66. The second-order valence-corrected chi connectivity index (χ2v) is 5.67. The van der Waals surface area contributed by atoms with Crippen molar-refractivity contribution in [2.75, 3.05) is 20.1 Å². The first-order valence-electron chi connectivity index (χ1n) is 6.13. The Labute approximate surface area is 94.3 Å². The number of hydrogen-bond acceptors (Lipinski definition) is 2. The Hall–Kier alpha value is -0.550. The van der Waals surface area contributed by atoms with Gasteiger partial charge in [0.25, 0.3) is 0 Å². The lowest BCUT2D eigenvalue weighted by Crippen LogP contribution is -2.31. The zero-order valence-corrected chi connectivity index (χ0v) is 10.4. The molecule has 1 rings (SSSR count). The van der Waals surface area contributed by atoms with Crippen molar-refractivity contribution in [2.45, 2.75) is 46.0 Å². The largest absolute Gasteiger partial charge is 0.305 e. The number of rotatable bonds is 5. The van der Waals surface area contributed by atoms with Crippen molar-refractivity contribution in [3.63, 3.8) is 0 Å². The Morgan fingerprint density at radius 1 is 1.33 bits per heavy atom. The van der Waals surface area contributed by atoms with Gasteiger partial charge >= 0.3 is 0 Å². The van der Waals surface area contributed by atoms with Gasteiger partial charge in [-0.15, -0.1) is 0 Å². The van der Waals surface area contributed by atoms with Gasteiger partial charge in [-0.1, -0.05) is 25.7 Å². The van der Waals surface area contributed by atoms with Gasteiger partial charge < -0.3 is 4.90 Å². The van der Waals surface area contributed by atoms with Crippen LogP contribution in [0.1, 0.15) is 46.0 Å². The highest BCUT2D eigenvalue weighted by Crippen LogP contribution is 2.27. The van der Waals surface area contributed by atoms with Gasteiger partial charge in [0.2, 0.25) is 0 Å². The smallest absolute Gasteiger partial charge is 0.0697 e. The van der Waals surface area contributed by atoms with E-state index in [9.17, 15) is 0 Å². The molecule has 86 valence electrons. The second kappa shape index (κ2) is 5.51. The highest BCUT2D eigenvalue weighted by molar-refractivity contribution is 4.93. The summed E-state index contributed by atoms with van der Waals surface area (Å²) in [4.78, 5) is 2.31. The maximum Gasteiger partial charge on any atom is 0.0697 e. The van der Waals surface area contributed by atoms with Crippen molar-refractivity contribution in [1.82, 2.24) is 4.90 Å². The van der Waals surface area contributed by atoms with Crippen LogP contribution < -0.4 is 0 Å². The van der Waals surface area contributed by atoms with Gasteiger partial charge in [-0.3, -0.25) is 0 Å². The topological polar surface area (TPSA) is 27.0 Å². The van der Waals surface area contributed by atoms with Crippen molar-refractivity contribution < 1.29 is 0 Å². The third kappa shape index (κ3) is 4.66. The maximum atomic E-state index is 8.95. The molecule has 1 fully saturated rings. The zero-order chi connectivity index (χ0) is 11.3. The summed E-state index contributed by atoms with van der Waals surface area (Å²) in [5, 5.41) is 8.95. The molecular weight excluding hydrogens is 184 g/mol. The van der Waals surface area contributed by atoms with Crippen LogP contribution in [-0.2, 0) is 0 Å². The SMILES string of the molecule is CN(CCC1CCCC1)CC(C)(C)C#N. The molecule has 0 unspecified atom stereocenters. The highest BCUT2D eigenvalue weighted by Gasteiger charge is 2.20. The number of nitriles is 1. The summed E-state index contributed by atoms with van der Waals surface area (Å²) in [6.07, 6.45) is 7.03. The van der Waals surface area contributed by atoms with E-state index in [1.165, 1.54) is 32.1 Å². The molecule has 0 aliphatic heterocycles. The van der Waals surface area contributed by atoms with Gasteiger partial charge in [0, 0.05) is 6.54 Å². The molecule has 0 N–H and O–H groups in total. The van der Waals surface area contributed by atoms with Crippen LogP contribution in [-0.4, -0.2) is 25.0 Å². The Morgan fingerprint density at radius 3 is 2.47 bits per heavy atom. The van der Waals surface area contributed by atoms with Gasteiger partial charge in [0.05, 0.1) is 11.5 Å². The molecule has 15 heavy (non-hydrogen) atoms. The number of nitrogens with zero attached hydrogens (tertiary/aromatic N) is 2. The fourth-order valence-electron chi connectivity index (χ4n) is 2.49. The molecule has 0 atom stereocenters. The predicted octanol–water partition coefficient (Wildman–Crippen LogP) is 3.05. The highest BCUT2D eigenvalue weighted by atomic mass is 15.1. The molecule has 0 bridgehead atoms. The monoisotopic (exact) mass is 208 g/mol. The Kier molecular flexibility index (Phi) is 4.60. The first kappa shape index (κ1) is 12.5. The van der Waals surface area contributed by atoms with E-state index >= 15 is 0 Å². The number of hydrogen-bond donors (Lipinski definition) is 0. The van der Waals surface area contributed by atoms with Crippen molar-refractivity contribution in [3.05, 3.63) is 0 Å². The Morgan fingerprint density at radius 2 is 1.93 bits per heavy atom. The quantitative estimate of drug-likeness (QED) is 0.694. The van der Waals surface area contributed by atoms with Gasteiger partial charge in [0.15, 0.2) is 0 Å². The first-order chi connectivity index (χ1) is 7.03. The molecule has 0 amide bonds. The van der Waals surface area contributed by atoms with E-state index in [0.717, 1.165) is 19.0 Å². The van der Waals surface area contributed by atoms with Crippen LogP contribution in [0.15, 0.2) is 0 Å². The third-order valence-electron chi connectivity index (χ3n) is 3.36. The summed E-state index contributed by atoms with van der Waals surface area (Å²) in [6, 6.07) is 2.36. The Bertz CT molecular complexity index is 221. The molecule has 1 aliphatic carbocycles. The summed E-state index contributed by atoms with van der Waals surface area (Å²) in [6.45, 7) is 6.06. The minimum absolute atomic E-state index is 0.204. The molecule has 0 aromatic rings. The fraction of sp³-hybridized carbons (Fsp3) is 0.923. The molecule has 2 heteroatoms. The summed E-state index contributed by atoms with van der Waals surface area (Å²) < 4.78 is 0.